The Kier molecular flexibility index (Phi) is 8.07. The summed E-state index contributed by atoms with van der Waals surface area (Å²) in [6.45, 7) is 2.40. The zero-order chi connectivity index (χ0) is 18.9. The van der Waals surface area contributed by atoms with Gasteiger partial charge in [-0.1, -0.05) is 32.6 Å². The number of carbonyl (C=O) groups is 2. The molecule has 0 aromatic rings. The van der Waals surface area contributed by atoms with Crippen molar-refractivity contribution in [3.05, 3.63) is 0 Å². The van der Waals surface area contributed by atoms with Crippen LogP contribution in [0.2, 0.25) is 0 Å². The number of hydrogen-bond donors (Lipinski definition) is 5. The molecule has 1 fully saturated rings. The van der Waals surface area contributed by atoms with Gasteiger partial charge in [0, 0.05) is 13.0 Å². The molecule has 0 bridgehead atoms. The van der Waals surface area contributed by atoms with Crippen molar-refractivity contribution in [2.75, 3.05) is 19.8 Å². The zero-order valence-electron chi connectivity index (χ0n) is 15.1. The summed E-state index contributed by atoms with van der Waals surface area (Å²) in [5, 5.41) is 26.6. The smallest absolute Gasteiger partial charge is 0.327 e. The first-order chi connectivity index (χ1) is 12.5. The van der Waals surface area contributed by atoms with Crippen LogP contribution in [0.4, 0.5) is 9.59 Å². The Morgan fingerprint density at radius 2 is 2.15 bits per heavy atom. The molecule has 3 atom stereocenters. The van der Waals surface area contributed by atoms with Crippen molar-refractivity contribution in [3.63, 3.8) is 0 Å². The number of nitrogens with one attached hydrogen (secondary N) is 3. The second kappa shape index (κ2) is 10.3. The molecule has 0 spiro atoms. The van der Waals surface area contributed by atoms with Crippen LogP contribution in [0.15, 0.2) is 4.99 Å². The maximum absolute atomic E-state index is 12.2. The second-order valence-corrected chi connectivity index (χ2v) is 6.46. The van der Waals surface area contributed by atoms with Crippen LogP contribution in [-0.2, 0) is 4.74 Å². The maximum Gasteiger partial charge on any atom is 0.327 e. The van der Waals surface area contributed by atoms with Crippen LogP contribution < -0.4 is 16.0 Å². The summed E-state index contributed by atoms with van der Waals surface area (Å²) in [5.41, 5.74) is 0. The Labute approximate surface area is 153 Å². The number of unbranched alkanes of at least 4 members (excludes halogenated alkanes) is 4. The number of carbonyl (C=O) groups excluding carboxylic acids is 2. The van der Waals surface area contributed by atoms with Gasteiger partial charge < -0.3 is 20.3 Å². The van der Waals surface area contributed by atoms with E-state index in [1.165, 1.54) is 17.7 Å². The summed E-state index contributed by atoms with van der Waals surface area (Å²) in [5.74, 6) is 0.0759. The first kappa shape index (κ1) is 20.4. The van der Waals surface area contributed by atoms with Gasteiger partial charge in [0.25, 0.3) is 0 Å². The number of urea groups is 2. The Hall–Kier alpha value is -1.91. The van der Waals surface area contributed by atoms with Gasteiger partial charge in [-0.3, -0.25) is 15.5 Å². The van der Waals surface area contributed by atoms with Gasteiger partial charge in [-0.25, -0.2) is 14.6 Å². The zero-order valence-corrected chi connectivity index (χ0v) is 15.1. The average Bonchev–Trinajstić information content (AvgIpc) is 2.98. The third kappa shape index (κ3) is 5.82. The summed E-state index contributed by atoms with van der Waals surface area (Å²) in [6.07, 6.45) is 3.52. The van der Waals surface area contributed by atoms with Crippen molar-refractivity contribution in [2.24, 2.45) is 4.99 Å². The standard InChI is InChI=1S/C16H29N5O5/c1-2-3-4-5-6-7-17-15(24)19-14-18-10-21(16(25)20-14)13-8-11(23)12(9-22)26-13/h11-13,22-23H,2-10H2,1H3,(H3,17,18,19,20,24,25)/t11-,12+,13+/m0/s1. The van der Waals surface area contributed by atoms with Gasteiger partial charge in [-0.2, -0.15) is 0 Å². The lowest BCUT2D eigenvalue weighted by Crippen LogP contribution is -2.57. The molecular formula is C16H29N5O5. The molecule has 2 aliphatic rings. The minimum Gasteiger partial charge on any atom is -0.394 e. The SMILES string of the molecule is CCCCCCCNC(=O)NC1=NCN([C@H]2C[C@H](O)[C@@H](CO)O2)C(=O)N1. The van der Waals surface area contributed by atoms with E-state index in [0.29, 0.717) is 6.54 Å². The molecule has 148 valence electrons. The number of nitrogens with zero attached hydrogens (tertiary/aromatic N) is 2. The molecule has 26 heavy (non-hydrogen) atoms. The molecule has 4 amide bonds. The molecule has 10 nitrogen and oxygen atoms in total. The summed E-state index contributed by atoms with van der Waals surface area (Å²) >= 11 is 0. The van der Waals surface area contributed by atoms with Crippen molar-refractivity contribution >= 4 is 18.0 Å². The second-order valence-electron chi connectivity index (χ2n) is 6.46. The minimum atomic E-state index is -0.829. The molecule has 0 aromatic carbocycles. The van der Waals surface area contributed by atoms with Gasteiger partial charge in [0.05, 0.1) is 12.7 Å². The van der Waals surface area contributed by atoms with E-state index in [-0.39, 0.29) is 25.7 Å². The highest BCUT2D eigenvalue weighted by atomic mass is 16.5. The Balaban J connectivity index is 1.71. The number of amides is 4. The number of hydrogen-bond acceptors (Lipinski definition) is 6. The largest absolute Gasteiger partial charge is 0.394 e. The van der Waals surface area contributed by atoms with Crippen LogP contribution in [0.1, 0.15) is 45.4 Å². The highest BCUT2D eigenvalue weighted by molar-refractivity contribution is 6.04. The minimum absolute atomic E-state index is 0.00595. The predicted molar refractivity (Wildman–Crippen MR) is 94.3 cm³/mol. The molecule has 5 N–H and O–H groups in total. The fraction of sp³-hybridized carbons (Fsp3) is 0.812. The van der Waals surface area contributed by atoms with E-state index in [2.05, 4.69) is 27.9 Å². The lowest BCUT2D eigenvalue weighted by molar-refractivity contribution is -0.0637. The van der Waals surface area contributed by atoms with Crippen LogP contribution in [0.25, 0.3) is 0 Å². The van der Waals surface area contributed by atoms with Gasteiger partial charge in [0.1, 0.15) is 19.0 Å². The molecule has 2 heterocycles. The number of aliphatic hydroxyl groups excluding tert-OH is 2. The highest BCUT2D eigenvalue weighted by Gasteiger charge is 2.39. The van der Waals surface area contributed by atoms with E-state index in [4.69, 9.17) is 9.84 Å². The maximum atomic E-state index is 12.2. The first-order valence-electron chi connectivity index (χ1n) is 9.16. The van der Waals surface area contributed by atoms with E-state index in [9.17, 15) is 14.7 Å². The Bertz CT molecular complexity index is 515. The predicted octanol–water partition coefficient (Wildman–Crippen LogP) is 0.0629. The summed E-state index contributed by atoms with van der Waals surface area (Å²) < 4.78 is 5.44. The van der Waals surface area contributed by atoms with E-state index in [1.54, 1.807) is 0 Å². The monoisotopic (exact) mass is 371 g/mol. The van der Waals surface area contributed by atoms with Gasteiger partial charge in [0.15, 0.2) is 0 Å². The van der Waals surface area contributed by atoms with Gasteiger partial charge in [-0.05, 0) is 6.42 Å². The molecule has 10 heteroatoms. The van der Waals surface area contributed by atoms with Crippen molar-refractivity contribution < 1.29 is 24.5 Å². The number of ether oxygens (including phenoxy) is 1. The fourth-order valence-electron chi connectivity index (χ4n) is 2.87. The molecule has 0 unspecified atom stereocenters. The number of rotatable bonds is 8. The Morgan fingerprint density at radius 3 is 2.81 bits per heavy atom. The molecule has 1 saturated heterocycles. The lowest BCUT2D eigenvalue weighted by atomic mass is 10.1. The van der Waals surface area contributed by atoms with Crippen molar-refractivity contribution in [1.29, 1.82) is 0 Å². The van der Waals surface area contributed by atoms with E-state index < -0.39 is 30.5 Å². The van der Waals surface area contributed by atoms with Crippen molar-refractivity contribution in [1.82, 2.24) is 20.9 Å². The van der Waals surface area contributed by atoms with Crippen LogP contribution in [0.3, 0.4) is 0 Å². The third-order valence-corrected chi connectivity index (χ3v) is 4.40. The van der Waals surface area contributed by atoms with E-state index >= 15 is 0 Å². The molecule has 2 aliphatic heterocycles. The number of aliphatic hydroxyl groups is 2. The summed E-state index contributed by atoms with van der Waals surface area (Å²) in [4.78, 5) is 29.4. The summed E-state index contributed by atoms with van der Waals surface area (Å²) in [7, 11) is 0. The number of guanidine groups is 1. The molecule has 0 saturated carbocycles. The van der Waals surface area contributed by atoms with Crippen molar-refractivity contribution in [3.8, 4) is 0 Å². The van der Waals surface area contributed by atoms with Gasteiger partial charge >= 0.3 is 12.1 Å². The lowest BCUT2D eigenvalue weighted by Gasteiger charge is -2.30. The number of aliphatic imine (C=N–C) groups is 1. The molecule has 0 aromatic heterocycles. The molecule has 2 rings (SSSR count). The normalized spacial score (nSPS) is 25.7. The van der Waals surface area contributed by atoms with Gasteiger partial charge in [-0.15, -0.1) is 0 Å². The van der Waals surface area contributed by atoms with Crippen LogP contribution in [0, 0.1) is 0 Å². The van der Waals surface area contributed by atoms with Crippen molar-refractivity contribution in [2.45, 2.75) is 63.9 Å². The molecule has 0 aliphatic carbocycles. The topological polar surface area (TPSA) is 136 Å². The highest BCUT2D eigenvalue weighted by Crippen LogP contribution is 2.23. The Morgan fingerprint density at radius 1 is 1.38 bits per heavy atom. The van der Waals surface area contributed by atoms with Crippen LogP contribution in [0.5, 0.6) is 0 Å². The van der Waals surface area contributed by atoms with Crippen LogP contribution in [-0.4, -0.2) is 71.4 Å². The van der Waals surface area contributed by atoms with E-state index in [1.807, 2.05) is 0 Å². The average molecular weight is 371 g/mol. The quantitative estimate of drug-likeness (QED) is 0.385. The fourth-order valence-corrected chi connectivity index (χ4v) is 2.87. The molecule has 0 radical (unpaired) electrons. The van der Waals surface area contributed by atoms with Crippen LogP contribution >= 0.6 is 0 Å². The third-order valence-electron chi connectivity index (χ3n) is 4.40. The summed E-state index contributed by atoms with van der Waals surface area (Å²) in [6, 6.07) is -0.897. The molecular weight excluding hydrogens is 342 g/mol. The van der Waals surface area contributed by atoms with Gasteiger partial charge in [0.2, 0.25) is 5.96 Å². The first-order valence-corrected chi connectivity index (χ1v) is 9.16. The van der Waals surface area contributed by atoms with E-state index in [0.717, 1.165) is 19.3 Å².